The van der Waals surface area contributed by atoms with E-state index in [0.29, 0.717) is 58.4 Å². The number of nitrogens with zero attached hydrogens (tertiary/aromatic N) is 2. The van der Waals surface area contributed by atoms with Crippen molar-refractivity contribution < 1.29 is 33.6 Å². The highest BCUT2D eigenvalue weighted by molar-refractivity contribution is 9.10. The largest absolute Gasteiger partial charge is 0.493 e. The van der Waals surface area contributed by atoms with Crippen molar-refractivity contribution in [3.05, 3.63) is 83.3 Å². The highest BCUT2D eigenvalue weighted by Gasteiger charge is 2.48. The summed E-state index contributed by atoms with van der Waals surface area (Å²) in [6, 6.07) is 6.41. The van der Waals surface area contributed by atoms with E-state index in [1.54, 1.807) is 12.1 Å². The second-order valence-corrected chi connectivity index (χ2v) is 13.2. The molecule has 42 heavy (non-hydrogen) atoms. The lowest BCUT2D eigenvalue weighted by Crippen LogP contribution is -2.37. The van der Waals surface area contributed by atoms with Gasteiger partial charge in [0, 0.05) is 48.8 Å². The van der Waals surface area contributed by atoms with Crippen molar-refractivity contribution in [3.63, 3.8) is 0 Å². The van der Waals surface area contributed by atoms with Crippen LogP contribution in [0.4, 0.5) is 11.4 Å². The summed E-state index contributed by atoms with van der Waals surface area (Å²) in [5.41, 5.74) is -0.159. The summed E-state index contributed by atoms with van der Waals surface area (Å²) in [5, 5.41) is 22.8. The van der Waals surface area contributed by atoms with E-state index in [0.717, 1.165) is 18.2 Å². The molecule has 1 heterocycles. The van der Waals surface area contributed by atoms with Gasteiger partial charge in [-0.3, -0.25) is 29.8 Å². The minimum atomic E-state index is -0.770. The van der Waals surface area contributed by atoms with Crippen LogP contribution < -0.4 is 9.47 Å². The number of halogens is 1. The van der Waals surface area contributed by atoms with Gasteiger partial charge in [0.2, 0.25) is 5.75 Å². The summed E-state index contributed by atoms with van der Waals surface area (Å²) >= 11 is 3.49. The number of ketones is 2. The number of ether oxygens (including phenoxy) is 3. The average molecular weight is 641 g/mol. The lowest BCUT2D eigenvalue weighted by Gasteiger charge is -2.42. The van der Waals surface area contributed by atoms with Crippen LogP contribution in [0.2, 0.25) is 0 Å². The number of methoxy groups -OCH3 is 1. The molecule has 0 aromatic heterocycles. The number of nitro groups is 2. The van der Waals surface area contributed by atoms with Gasteiger partial charge in [-0.05, 0) is 50.5 Å². The second-order valence-electron chi connectivity index (χ2n) is 12.4. The molecule has 3 aliphatic rings. The van der Waals surface area contributed by atoms with E-state index in [-0.39, 0.29) is 39.6 Å². The van der Waals surface area contributed by atoms with Gasteiger partial charge in [0.15, 0.2) is 23.1 Å². The Hall–Kier alpha value is -4.06. The van der Waals surface area contributed by atoms with Crippen LogP contribution in [0.5, 0.6) is 17.2 Å². The van der Waals surface area contributed by atoms with Gasteiger partial charge in [0.05, 0.1) is 27.5 Å². The Morgan fingerprint density at radius 2 is 1.43 bits per heavy atom. The second kappa shape index (κ2) is 10.3. The first-order chi connectivity index (χ1) is 19.6. The Bertz CT molecular complexity index is 1590. The molecule has 0 saturated heterocycles. The number of allylic oxidation sites excluding steroid dienone is 4. The highest BCUT2D eigenvalue weighted by Crippen LogP contribution is 2.55. The van der Waals surface area contributed by atoms with E-state index in [1.807, 2.05) is 27.7 Å². The van der Waals surface area contributed by atoms with Crippen molar-refractivity contribution >= 4 is 38.9 Å². The van der Waals surface area contributed by atoms with Gasteiger partial charge in [-0.1, -0.05) is 27.7 Å². The van der Waals surface area contributed by atoms with Crippen molar-refractivity contribution in [2.75, 3.05) is 7.11 Å². The Morgan fingerprint density at radius 3 is 1.93 bits per heavy atom. The maximum Gasteiger partial charge on any atom is 0.318 e. The monoisotopic (exact) mass is 640 g/mol. The highest BCUT2D eigenvalue weighted by atomic mass is 79.9. The minimum Gasteiger partial charge on any atom is -0.493 e. The van der Waals surface area contributed by atoms with Crippen LogP contribution in [0.1, 0.15) is 64.9 Å². The number of carbonyl (C=O) groups excluding carboxylic acids is 2. The fraction of sp³-hybridized carbons (Fsp3) is 0.400. The molecule has 0 saturated carbocycles. The van der Waals surface area contributed by atoms with Gasteiger partial charge in [-0.15, -0.1) is 0 Å². The average Bonchev–Trinajstić information content (AvgIpc) is 2.86. The van der Waals surface area contributed by atoms with Crippen LogP contribution in [0.15, 0.2) is 57.5 Å². The first-order valence-corrected chi connectivity index (χ1v) is 14.1. The molecule has 2 aromatic rings. The normalized spacial score (nSPS) is 19.6. The molecule has 0 bridgehead atoms. The third kappa shape index (κ3) is 5.31. The fourth-order valence-electron chi connectivity index (χ4n) is 5.97. The number of carbonyl (C=O) groups is 2. The van der Waals surface area contributed by atoms with E-state index < -0.39 is 27.1 Å². The van der Waals surface area contributed by atoms with E-state index in [2.05, 4.69) is 15.9 Å². The number of nitro benzene ring substituents is 2. The van der Waals surface area contributed by atoms with Crippen molar-refractivity contribution in [1.29, 1.82) is 0 Å². The third-order valence-electron chi connectivity index (χ3n) is 7.73. The van der Waals surface area contributed by atoms with E-state index in [1.165, 1.54) is 7.11 Å². The maximum atomic E-state index is 13.6. The summed E-state index contributed by atoms with van der Waals surface area (Å²) < 4.78 is 18.2. The molecule has 0 N–H and O–H groups in total. The summed E-state index contributed by atoms with van der Waals surface area (Å²) in [6.07, 6.45) is 1.69. The lowest BCUT2D eigenvalue weighted by molar-refractivity contribution is -0.394. The van der Waals surface area contributed by atoms with E-state index >= 15 is 0 Å². The summed E-state index contributed by atoms with van der Waals surface area (Å²) in [7, 11) is 1.39. The third-order valence-corrected chi connectivity index (χ3v) is 8.32. The molecule has 0 atom stereocenters. The van der Waals surface area contributed by atoms with Crippen LogP contribution in [0.25, 0.3) is 0 Å². The van der Waals surface area contributed by atoms with E-state index in [4.69, 9.17) is 14.2 Å². The maximum absolute atomic E-state index is 13.6. The van der Waals surface area contributed by atoms with Gasteiger partial charge >= 0.3 is 5.69 Å². The fourth-order valence-corrected chi connectivity index (χ4v) is 6.51. The smallest absolute Gasteiger partial charge is 0.318 e. The molecule has 0 radical (unpaired) electrons. The Morgan fingerprint density at radius 1 is 0.857 bits per heavy atom. The molecule has 2 aliphatic carbocycles. The molecule has 0 fully saturated rings. The number of hydrogen-bond acceptors (Lipinski definition) is 9. The van der Waals surface area contributed by atoms with Crippen molar-refractivity contribution in [2.45, 2.75) is 59.3 Å². The van der Waals surface area contributed by atoms with Crippen LogP contribution in [-0.4, -0.2) is 28.5 Å². The molecule has 11 nitrogen and oxygen atoms in total. The Labute approximate surface area is 249 Å². The molecule has 5 rings (SSSR count). The van der Waals surface area contributed by atoms with Crippen LogP contribution in [-0.2, 0) is 14.3 Å². The van der Waals surface area contributed by atoms with Crippen LogP contribution in [0.3, 0.4) is 0 Å². The summed E-state index contributed by atoms with van der Waals surface area (Å²) in [5.74, 6) is 0.303. The van der Waals surface area contributed by atoms with Crippen molar-refractivity contribution in [1.82, 2.24) is 0 Å². The van der Waals surface area contributed by atoms with Crippen molar-refractivity contribution in [3.8, 4) is 17.2 Å². The zero-order chi connectivity index (χ0) is 30.7. The predicted octanol–water partition coefficient (Wildman–Crippen LogP) is 7.47. The Balaban J connectivity index is 1.65. The summed E-state index contributed by atoms with van der Waals surface area (Å²) in [4.78, 5) is 48.6. The first-order valence-electron chi connectivity index (χ1n) is 13.3. The van der Waals surface area contributed by atoms with Gasteiger partial charge in [0.25, 0.3) is 5.69 Å². The number of rotatable bonds is 6. The zero-order valence-electron chi connectivity index (χ0n) is 23.7. The molecule has 0 unspecified atom stereocenters. The molecular formula is C30H29BrN2O9. The van der Waals surface area contributed by atoms with Crippen molar-refractivity contribution in [2.24, 2.45) is 10.8 Å². The molecule has 220 valence electrons. The molecular weight excluding hydrogens is 612 g/mol. The Kier molecular flexibility index (Phi) is 7.24. The van der Waals surface area contributed by atoms with E-state index in [9.17, 15) is 29.8 Å². The van der Waals surface area contributed by atoms with Crippen LogP contribution >= 0.6 is 15.9 Å². The lowest BCUT2D eigenvalue weighted by atomic mass is 9.65. The van der Waals surface area contributed by atoms with Gasteiger partial charge < -0.3 is 14.2 Å². The number of Topliss-reactive ketones (excluding diaryl/α,β-unsaturated/α-hetero) is 2. The summed E-state index contributed by atoms with van der Waals surface area (Å²) in [6.45, 7) is 8.04. The standard InChI is InChI=1S/C30H29BrN2O9/c1-29(2)11-19(34)26-23(13-29)41-24-14-30(3,4)12-20(35)27(24)25(26)15-8-17(31)28(22(9-15)40-5)42-21-7-6-16(32(36)37)10-18(21)33(38)39/h6-10,25H,11-14H2,1-5H3. The topological polar surface area (TPSA) is 148 Å². The molecule has 1 aliphatic heterocycles. The van der Waals surface area contributed by atoms with Gasteiger partial charge in [0.1, 0.15) is 11.5 Å². The van der Waals surface area contributed by atoms with Gasteiger partial charge in [-0.2, -0.15) is 0 Å². The quantitative estimate of drug-likeness (QED) is 0.231. The molecule has 2 aromatic carbocycles. The first kappa shape index (κ1) is 29.4. The predicted molar refractivity (Wildman–Crippen MR) is 154 cm³/mol. The van der Waals surface area contributed by atoms with Gasteiger partial charge in [-0.25, -0.2) is 0 Å². The number of hydrogen-bond donors (Lipinski definition) is 0. The van der Waals surface area contributed by atoms with Crippen LogP contribution in [0, 0.1) is 31.1 Å². The molecule has 12 heteroatoms. The number of non-ortho nitro benzene ring substituents is 1. The molecule has 0 spiro atoms. The number of benzene rings is 2. The SMILES string of the molecule is COc1cc(C2C3=C(CC(C)(C)CC3=O)OC3=C2C(=O)CC(C)(C)C3)cc(Br)c1Oc1ccc([N+](=O)[O-])cc1[N+](=O)[O-]. The molecule has 0 amide bonds. The minimum absolute atomic E-state index is 0.0841. The zero-order valence-corrected chi connectivity index (χ0v) is 25.3.